The molecular weight excluding hydrogens is 398 g/mol. The summed E-state index contributed by atoms with van der Waals surface area (Å²) >= 11 is 5.98. The quantitative estimate of drug-likeness (QED) is 0.486. The highest BCUT2D eigenvalue weighted by Gasteiger charge is 2.47. The van der Waals surface area contributed by atoms with Crippen molar-refractivity contribution in [3.05, 3.63) is 64.9 Å². The zero-order chi connectivity index (χ0) is 21.0. The first-order chi connectivity index (χ1) is 13.8. The molecular formula is C20H22ClN3O5. The highest BCUT2D eigenvalue weighted by atomic mass is 35.5. The number of nitrogens with one attached hydrogen (secondary N) is 1. The van der Waals surface area contributed by atoms with E-state index >= 15 is 0 Å². The van der Waals surface area contributed by atoms with Crippen molar-refractivity contribution in [3.63, 3.8) is 0 Å². The van der Waals surface area contributed by atoms with Crippen LogP contribution in [0.15, 0.2) is 48.8 Å². The van der Waals surface area contributed by atoms with Crippen LogP contribution in [0.3, 0.4) is 0 Å². The highest BCUT2D eigenvalue weighted by molar-refractivity contribution is 6.33. The summed E-state index contributed by atoms with van der Waals surface area (Å²) < 4.78 is 5.62. The number of hydrogen-bond acceptors (Lipinski definition) is 6. The van der Waals surface area contributed by atoms with E-state index in [9.17, 15) is 19.9 Å². The molecule has 2 aromatic rings. The maximum Gasteiger partial charge on any atom is 0.277 e. The number of carbonyl (C=O) groups excluding carboxylic acids is 2. The first-order valence-corrected chi connectivity index (χ1v) is 9.43. The van der Waals surface area contributed by atoms with Crippen molar-refractivity contribution in [2.24, 2.45) is 5.41 Å². The van der Waals surface area contributed by atoms with Crippen LogP contribution in [0, 0.1) is 5.41 Å². The van der Waals surface area contributed by atoms with E-state index in [2.05, 4.69) is 10.3 Å². The first kappa shape index (κ1) is 21.2. The smallest absolute Gasteiger partial charge is 0.277 e. The molecule has 8 nitrogen and oxygen atoms in total. The molecule has 1 aromatic heterocycles. The van der Waals surface area contributed by atoms with Crippen LogP contribution in [-0.2, 0) is 4.74 Å². The van der Waals surface area contributed by atoms with Crippen LogP contribution in [0.1, 0.15) is 27.6 Å². The van der Waals surface area contributed by atoms with Crippen LogP contribution in [0.4, 0.5) is 0 Å². The molecule has 29 heavy (non-hydrogen) atoms. The summed E-state index contributed by atoms with van der Waals surface area (Å²) in [5.74, 6) is -1.00. The molecule has 3 atom stereocenters. The van der Waals surface area contributed by atoms with Crippen LogP contribution in [0.25, 0.3) is 0 Å². The SMILES string of the molecule is C[C@@]1(CN(O)C(=O)c2ccccc2)CO[C@H](CNC(=O)c2cnccc2Cl)[C@H]1O. The predicted octanol–water partition coefficient (Wildman–Crippen LogP) is 1.76. The molecule has 2 amide bonds. The highest BCUT2D eigenvalue weighted by Crippen LogP contribution is 2.33. The lowest BCUT2D eigenvalue weighted by molar-refractivity contribution is -0.0940. The molecule has 1 saturated heterocycles. The van der Waals surface area contributed by atoms with E-state index in [0.717, 1.165) is 0 Å². The van der Waals surface area contributed by atoms with Gasteiger partial charge in [0.15, 0.2) is 0 Å². The van der Waals surface area contributed by atoms with E-state index in [-0.39, 0.29) is 30.3 Å². The van der Waals surface area contributed by atoms with Gasteiger partial charge in [-0.3, -0.25) is 19.8 Å². The maximum atomic E-state index is 12.3. The number of halogens is 1. The molecule has 9 heteroatoms. The molecule has 0 aliphatic carbocycles. The molecule has 3 rings (SSSR count). The third-order valence-corrected chi connectivity index (χ3v) is 5.27. The summed E-state index contributed by atoms with van der Waals surface area (Å²) in [7, 11) is 0. The second-order valence-electron chi connectivity index (χ2n) is 7.24. The number of carbonyl (C=O) groups is 2. The van der Waals surface area contributed by atoms with Gasteiger partial charge in [0.25, 0.3) is 11.8 Å². The molecule has 1 aliphatic heterocycles. The number of benzene rings is 1. The molecule has 0 radical (unpaired) electrons. The van der Waals surface area contributed by atoms with E-state index in [0.29, 0.717) is 10.6 Å². The Kier molecular flexibility index (Phi) is 6.49. The van der Waals surface area contributed by atoms with Crippen LogP contribution >= 0.6 is 11.6 Å². The van der Waals surface area contributed by atoms with Crippen LogP contribution in [0.2, 0.25) is 5.02 Å². The fraction of sp³-hybridized carbons (Fsp3) is 0.350. The fourth-order valence-electron chi connectivity index (χ4n) is 3.21. The molecule has 0 saturated carbocycles. The van der Waals surface area contributed by atoms with Gasteiger partial charge < -0.3 is 15.2 Å². The summed E-state index contributed by atoms with van der Waals surface area (Å²) in [5, 5.41) is 24.4. The second kappa shape index (κ2) is 8.87. The Labute approximate surface area is 173 Å². The Hall–Kier alpha value is -2.52. The number of hydrogen-bond donors (Lipinski definition) is 3. The third-order valence-electron chi connectivity index (χ3n) is 4.94. The first-order valence-electron chi connectivity index (χ1n) is 9.05. The maximum absolute atomic E-state index is 12.3. The number of amides is 2. The number of ether oxygens (including phenoxy) is 1. The number of aromatic nitrogens is 1. The molecule has 0 bridgehead atoms. The standard InChI is InChI=1S/C20H22ClN3O5/c1-20(11-24(28)19(27)13-5-3-2-4-6-13)12-29-16(17(20)25)10-23-18(26)14-9-22-8-7-15(14)21/h2-9,16-17,25,28H,10-12H2,1H3,(H,23,26)/t16-,17-,20-/m1/s1. The summed E-state index contributed by atoms with van der Waals surface area (Å²) in [5.41, 5.74) is -0.343. The third kappa shape index (κ3) is 4.73. The van der Waals surface area contributed by atoms with Crippen molar-refractivity contribution in [1.29, 1.82) is 0 Å². The zero-order valence-electron chi connectivity index (χ0n) is 15.8. The van der Waals surface area contributed by atoms with Gasteiger partial charge in [-0.05, 0) is 18.2 Å². The molecule has 1 aromatic carbocycles. The molecule has 0 unspecified atom stereocenters. The molecule has 154 valence electrons. The number of aliphatic hydroxyl groups excluding tert-OH is 1. The Morgan fingerprint density at radius 2 is 2.07 bits per heavy atom. The summed E-state index contributed by atoms with van der Waals surface area (Å²) in [4.78, 5) is 28.5. The zero-order valence-corrected chi connectivity index (χ0v) is 16.5. The summed E-state index contributed by atoms with van der Waals surface area (Å²) in [6.07, 6.45) is 1.13. The Balaban J connectivity index is 1.58. The van der Waals surface area contributed by atoms with Crippen molar-refractivity contribution >= 4 is 23.4 Å². The minimum atomic E-state index is -1.01. The number of pyridine rings is 1. The monoisotopic (exact) mass is 419 g/mol. The second-order valence-corrected chi connectivity index (χ2v) is 7.65. The van der Waals surface area contributed by atoms with Gasteiger partial charge in [-0.25, -0.2) is 5.06 Å². The van der Waals surface area contributed by atoms with Crippen LogP contribution in [0.5, 0.6) is 0 Å². The average Bonchev–Trinajstić information content (AvgIpc) is 3.00. The van der Waals surface area contributed by atoms with Gasteiger partial charge in [-0.15, -0.1) is 0 Å². The Bertz CT molecular complexity index is 881. The summed E-state index contributed by atoms with van der Waals surface area (Å²) in [6.45, 7) is 1.74. The van der Waals surface area contributed by atoms with Crippen LogP contribution < -0.4 is 5.32 Å². The van der Waals surface area contributed by atoms with Crippen molar-refractivity contribution in [2.45, 2.75) is 19.1 Å². The number of nitrogens with zero attached hydrogens (tertiary/aromatic N) is 2. The lowest BCUT2D eigenvalue weighted by Crippen LogP contribution is -2.47. The molecule has 3 N–H and O–H groups in total. The minimum Gasteiger partial charge on any atom is -0.390 e. The molecule has 1 aliphatic rings. The number of hydroxylamine groups is 2. The topological polar surface area (TPSA) is 112 Å². The van der Waals surface area contributed by atoms with Crippen molar-refractivity contribution in [3.8, 4) is 0 Å². The van der Waals surface area contributed by atoms with Gasteiger partial charge in [-0.1, -0.05) is 36.7 Å². The largest absolute Gasteiger partial charge is 0.390 e. The molecule has 1 fully saturated rings. The average molecular weight is 420 g/mol. The van der Waals surface area contributed by atoms with Gasteiger partial charge >= 0.3 is 0 Å². The van der Waals surface area contributed by atoms with E-state index in [1.54, 1.807) is 37.3 Å². The molecule has 0 spiro atoms. The van der Waals surface area contributed by atoms with Gasteiger partial charge in [0.1, 0.15) is 6.10 Å². The molecule has 2 heterocycles. The van der Waals surface area contributed by atoms with E-state index in [1.165, 1.54) is 18.5 Å². The lowest BCUT2D eigenvalue weighted by atomic mass is 9.84. The van der Waals surface area contributed by atoms with E-state index < -0.39 is 29.4 Å². The van der Waals surface area contributed by atoms with Gasteiger partial charge in [0.2, 0.25) is 0 Å². The van der Waals surface area contributed by atoms with E-state index in [1.807, 2.05) is 0 Å². The van der Waals surface area contributed by atoms with Crippen molar-refractivity contribution in [1.82, 2.24) is 15.4 Å². The Morgan fingerprint density at radius 3 is 2.76 bits per heavy atom. The summed E-state index contributed by atoms with van der Waals surface area (Å²) in [6, 6.07) is 9.86. The van der Waals surface area contributed by atoms with Gasteiger partial charge in [0, 0.05) is 29.9 Å². The Morgan fingerprint density at radius 1 is 1.34 bits per heavy atom. The van der Waals surface area contributed by atoms with Gasteiger partial charge in [-0.2, -0.15) is 0 Å². The number of rotatable bonds is 6. The minimum absolute atomic E-state index is 0.0405. The van der Waals surface area contributed by atoms with Crippen LogP contribution in [-0.4, -0.2) is 64.1 Å². The normalized spacial score (nSPS) is 23.6. The lowest BCUT2D eigenvalue weighted by Gasteiger charge is -2.31. The van der Waals surface area contributed by atoms with Gasteiger partial charge in [0.05, 0.1) is 29.8 Å². The van der Waals surface area contributed by atoms with Crippen molar-refractivity contribution in [2.75, 3.05) is 19.7 Å². The van der Waals surface area contributed by atoms with Crippen molar-refractivity contribution < 1.29 is 24.6 Å². The fourth-order valence-corrected chi connectivity index (χ4v) is 3.40. The number of aliphatic hydroxyl groups is 1. The predicted molar refractivity (Wildman–Crippen MR) is 105 cm³/mol. The van der Waals surface area contributed by atoms with E-state index in [4.69, 9.17) is 16.3 Å².